The van der Waals surface area contributed by atoms with Crippen LogP contribution in [0.5, 0.6) is 0 Å². The summed E-state index contributed by atoms with van der Waals surface area (Å²) in [5.41, 5.74) is 6.73. The van der Waals surface area contributed by atoms with Crippen LogP contribution >= 0.6 is 0 Å². The van der Waals surface area contributed by atoms with Gasteiger partial charge in [0.05, 0.1) is 17.8 Å². The number of hydrogen-bond acceptors (Lipinski definition) is 4. The summed E-state index contributed by atoms with van der Waals surface area (Å²) in [4.78, 5) is 23.2. The first-order valence-corrected chi connectivity index (χ1v) is 5.96. The SMILES string of the molecule is CCN(CC(N)=O)c1ccc(/C=C/C(=O)O)cc1C#N. The Morgan fingerprint density at radius 1 is 1.50 bits per heavy atom. The zero-order valence-electron chi connectivity index (χ0n) is 11.0. The number of benzene rings is 1. The van der Waals surface area contributed by atoms with Crippen LogP contribution in [-0.4, -0.2) is 30.1 Å². The summed E-state index contributed by atoms with van der Waals surface area (Å²) < 4.78 is 0. The van der Waals surface area contributed by atoms with Gasteiger partial charge in [0, 0.05) is 12.6 Å². The number of hydrogen-bond donors (Lipinski definition) is 2. The van der Waals surface area contributed by atoms with Crippen molar-refractivity contribution in [3.05, 3.63) is 35.4 Å². The van der Waals surface area contributed by atoms with E-state index in [4.69, 9.17) is 16.1 Å². The van der Waals surface area contributed by atoms with Gasteiger partial charge in [0.25, 0.3) is 0 Å². The van der Waals surface area contributed by atoms with Crippen molar-refractivity contribution in [2.24, 2.45) is 5.73 Å². The van der Waals surface area contributed by atoms with Gasteiger partial charge in [-0.1, -0.05) is 6.07 Å². The van der Waals surface area contributed by atoms with Gasteiger partial charge >= 0.3 is 5.97 Å². The molecule has 0 bridgehead atoms. The average molecular weight is 273 g/mol. The zero-order chi connectivity index (χ0) is 15.1. The number of amides is 1. The zero-order valence-corrected chi connectivity index (χ0v) is 11.0. The second-order valence-corrected chi connectivity index (χ2v) is 4.04. The molecular formula is C14H15N3O3. The van der Waals surface area contributed by atoms with Crippen molar-refractivity contribution in [2.75, 3.05) is 18.0 Å². The predicted octanol–water partition coefficient (Wildman–Crippen LogP) is 0.968. The molecule has 0 unspecified atom stereocenters. The first-order valence-electron chi connectivity index (χ1n) is 5.96. The van der Waals surface area contributed by atoms with Crippen LogP contribution in [-0.2, 0) is 9.59 Å². The van der Waals surface area contributed by atoms with Crippen LogP contribution in [0.15, 0.2) is 24.3 Å². The molecular weight excluding hydrogens is 258 g/mol. The molecule has 0 aliphatic carbocycles. The lowest BCUT2D eigenvalue weighted by Gasteiger charge is -2.22. The van der Waals surface area contributed by atoms with Gasteiger partial charge in [-0.2, -0.15) is 5.26 Å². The normalized spacial score (nSPS) is 10.2. The predicted molar refractivity (Wildman–Crippen MR) is 74.9 cm³/mol. The summed E-state index contributed by atoms with van der Waals surface area (Å²) >= 11 is 0. The number of likely N-dealkylation sites (N-methyl/N-ethyl adjacent to an activating group) is 1. The van der Waals surface area contributed by atoms with Gasteiger partial charge < -0.3 is 15.7 Å². The minimum atomic E-state index is -1.06. The van der Waals surface area contributed by atoms with E-state index < -0.39 is 11.9 Å². The third-order valence-electron chi connectivity index (χ3n) is 2.63. The molecule has 20 heavy (non-hydrogen) atoms. The van der Waals surface area contributed by atoms with E-state index in [1.165, 1.54) is 6.08 Å². The molecule has 0 saturated carbocycles. The molecule has 3 N–H and O–H groups in total. The molecule has 6 nitrogen and oxygen atoms in total. The largest absolute Gasteiger partial charge is 0.478 e. The van der Waals surface area contributed by atoms with Gasteiger partial charge in [0.2, 0.25) is 5.91 Å². The van der Waals surface area contributed by atoms with Gasteiger partial charge in [-0.15, -0.1) is 0 Å². The molecule has 0 spiro atoms. The van der Waals surface area contributed by atoms with Gasteiger partial charge in [-0.25, -0.2) is 4.79 Å². The molecule has 1 aromatic carbocycles. The van der Waals surface area contributed by atoms with Crippen molar-refractivity contribution in [1.82, 2.24) is 0 Å². The highest BCUT2D eigenvalue weighted by Crippen LogP contribution is 2.22. The van der Waals surface area contributed by atoms with Crippen molar-refractivity contribution >= 4 is 23.6 Å². The van der Waals surface area contributed by atoms with Crippen molar-refractivity contribution in [1.29, 1.82) is 5.26 Å². The second-order valence-electron chi connectivity index (χ2n) is 4.04. The van der Waals surface area contributed by atoms with Crippen molar-refractivity contribution in [3.63, 3.8) is 0 Å². The lowest BCUT2D eigenvalue weighted by Crippen LogP contribution is -2.34. The highest BCUT2D eigenvalue weighted by Gasteiger charge is 2.12. The number of nitrogens with zero attached hydrogens (tertiary/aromatic N) is 2. The molecule has 0 fully saturated rings. The Balaban J connectivity index is 3.13. The molecule has 1 aromatic rings. The van der Waals surface area contributed by atoms with E-state index in [2.05, 4.69) is 0 Å². The van der Waals surface area contributed by atoms with Crippen molar-refractivity contribution in [2.45, 2.75) is 6.92 Å². The minimum Gasteiger partial charge on any atom is -0.478 e. The van der Waals surface area contributed by atoms with Gasteiger partial charge in [0.15, 0.2) is 0 Å². The topological polar surface area (TPSA) is 107 Å². The quantitative estimate of drug-likeness (QED) is 0.751. The number of nitriles is 1. The van der Waals surface area contributed by atoms with Gasteiger partial charge in [0.1, 0.15) is 6.07 Å². The summed E-state index contributed by atoms with van der Waals surface area (Å²) in [5, 5.41) is 17.7. The average Bonchev–Trinajstić information content (AvgIpc) is 2.42. The van der Waals surface area contributed by atoms with Gasteiger partial charge in [-0.05, 0) is 30.7 Å². The number of aliphatic carboxylic acids is 1. The lowest BCUT2D eigenvalue weighted by molar-refractivity contribution is -0.131. The number of carboxylic acid groups (broad SMARTS) is 1. The summed E-state index contributed by atoms with van der Waals surface area (Å²) in [6.07, 6.45) is 2.40. The molecule has 0 aliphatic heterocycles. The highest BCUT2D eigenvalue weighted by molar-refractivity contribution is 5.85. The number of rotatable bonds is 6. The van der Waals surface area contributed by atoms with E-state index in [1.54, 1.807) is 23.1 Å². The summed E-state index contributed by atoms with van der Waals surface area (Å²) in [6.45, 7) is 2.40. The Kier molecular flexibility index (Phi) is 5.30. The van der Waals surface area contributed by atoms with E-state index in [0.717, 1.165) is 6.08 Å². The standard InChI is InChI=1S/C14H15N3O3/c1-2-17(9-13(16)18)12-5-3-10(4-6-14(19)20)7-11(12)8-15/h3-7H,2,9H2,1H3,(H2,16,18)(H,19,20)/b6-4+. The van der Waals surface area contributed by atoms with Crippen molar-refractivity contribution < 1.29 is 14.7 Å². The minimum absolute atomic E-state index is 0.0233. The number of carbonyl (C=O) groups is 2. The second kappa shape index (κ2) is 6.95. The highest BCUT2D eigenvalue weighted by atomic mass is 16.4. The smallest absolute Gasteiger partial charge is 0.328 e. The molecule has 0 heterocycles. The van der Waals surface area contributed by atoms with Gasteiger partial charge in [-0.3, -0.25) is 4.79 Å². The maximum Gasteiger partial charge on any atom is 0.328 e. The van der Waals surface area contributed by atoms with Crippen LogP contribution in [0, 0.1) is 11.3 Å². The Morgan fingerprint density at radius 2 is 2.20 bits per heavy atom. The molecule has 1 amide bonds. The summed E-state index contributed by atoms with van der Waals surface area (Å²) in [5.74, 6) is -1.54. The van der Waals surface area contributed by atoms with E-state index >= 15 is 0 Å². The number of nitrogens with two attached hydrogens (primary N) is 1. The molecule has 0 aliphatic rings. The maximum atomic E-state index is 11.0. The molecule has 0 saturated heterocycles. The first kappa shape index (κ1) is 15.2. The molecule has 6 heteroatoms. The number of primary amides is 1. The van der Waals surface area contributed by atoms with E-state index in [0.29, 0.717) is 23.4 Å². The molecule has 0 atom stereocenters. The van der Waals surface area contributed by atoms with E-state index in [1.807, 2.05) is 13.0 Å². The van der Waals surface area contributed by atoms with Crippen LogP contribution in [0.2, 0.25) is 0 Å². The number of carboxylic acids is 1. The third kappa shape index (κ3) is 4.14. The Labute approximate surface area is 116 Å². The Morgan fingerprint density at radius 3 is 2.70 bits per heavy atom. The van der Waals surface area contributed by atoms with Crippen LogP contribution < -0.4 is 10.6 Å². The lowest BCUT2D eigenvalue weighted by atomic mass is 10.1. The Bertz CT molecular complexity index is 588. The fourth-order valence-electron chi connectivity index (χ4n) is 1.75. The molecule has 0 radical (unpaired) electrons. The first-order chi connectivity index (χ1) is 9.47. The maximum absolute atomic E-state index is 11.0. The third-order valence-corrected chi connectivity index (χ3v) is 2.63. The number of carbonyl (C=O) groups excluding carboxylic acids is 1. The monoisotopic (exact) mass is 273 g/mol. The van der Waals surface area contributed by atoms with E-state index in [-0.39, 0.29) is 6.54 Å². The summed E-state index contributed by atoms with van der Waals surface area (Å²) in [6, 6.07) is 6.96. The van der Waals surface area contributed by atoms with Crippen LogP contribution in [0.1, 0.15) is 18.1 Å². The number of anilines is 1. The van der Waals surface area contributed by atoms with Crippen LogP contribution in [0.3, 0.4) is 0 Å². The summed E-state index contributed by atoms with van der Waals surface area (Å²) in [7, 11) is 0. The fourth-order valence-corrected chi connectivity index (χ4v) is 1.75. The van der Waals surface area contributed by atoms with Crippen molar-refractivity contribution in [3.8, 4) is 6.07 Å². The fraction of sp³-hybridized carbons (Fsp3) is 0.214. The van der Waals surface area contributed by atoms with Crippen LogP contribution in [0.4, 0.5) is 5.69 Å². The molecule has 104 valence electrons. The molecule has 1 rings (SSSR count). The van der Waals surface area contributed by atoms with E-state index in [9.17, 15) is 9.59 Å². The molecule has 0 aromatic heterocycles. The Hall–Kier alpha value is -2.81. The van der Waals surface area contributed by atoms with Crippen LogP contribution in [0.25, 0.3) is 6.08 Å².